The van der Waals surface area contributed by atoms with E-state index in [0.717, 1.165) is 0 Å². The molecule has 2 amide bonds. The van der Waals surface area contributed by atoms with Crippen molar-refractivity contribution in [3.8, 4) is 0 Å². The molecule has 2 aromatic heterocycles. The van der Waals surface area contributed by atoms with Gasteiger partial charge in [-0.15, -0.1) is 0 Å². The maximum Gasteiger partial charge on any atom is 0.340 e. The lowest BCUT2D eigenvalue weighted by molar-refractivity contribution is -0.137. The van der Waals surface area contributed by atoms with E-state index in [1.807, 2.05) is 0 Å². The molecule has 25 heavy (non-hydrogen) atoms. The van der Waals surface area contributed by atoms with Gasteiger partial charge in [0.05, 0.1) is 24.9 Å². The summed E-state index contributed by atoms with van der Waals surface area (Å²) < 4.78 is 10.6. The van der Waals surface area contributed by atoms with Crippen LogP contribution in [-0.2, 0) is 20.9 Å². The fourth-order valence-electron chi connectivity index (χ4n) is 1.80. The van der Waals surface area contributed by atoms with Crippen molar-refractivity contribution in [2.45, 2.75) is 6.54 Å². The van der Waals surface area contributed by atoms with Crippen LogP contribution in [0.1, 0.15) is 16.1 Å². The third-order valence-corrected chi connectivity index (χ3v) is 3.55. The molecule has 0 spiro atoms. The van der Waals surface area contributed by atoms with E-state index in [1.54, 1.807) is 12.1 Å². The second-order valence-corrected chi connectivity index (χ2v) is 5.99. The first-order valence-electron chi connectivity index (χ1n) is 7.26. The Kier molecular flexibility index (Phi) is 6.70. The van der Waals surface area contributed by atoms with Gasteiger partial charge in [0.25, 0.3) is 5.91 Å². The minimum absolute atomic E-state index is 0.157. The maximum atomic E-state index is 11.9. The standard InChI is InChI=1S/C16H16BrN3O5/c1-20(9-14(21)19-8-13-3-2-4-24-13)15(22)10-25-16(23)11-5-12(17)7-18-6-11/h2-7H,8-10H2,1H3,(H,19,21). The molecule has 0 fully saturated rings. The van der Waals surface area contributed by atoms with Crippen LogP contribution in [0.2, 0.25) is 0 Å². The Morgan fingerprint density at radius 3 is 2.84 bits per heavy atom. The first-order valence-corrected chi connectivity index (χ1v) is 8.05. The molecule has 0 radical (unpaired) electrons. The monoisotopic (exact) mass is 409 g/mol. The number of nitrogens with one attached hydrogen (secondary N) is 1. The van der Waals surface area contributed by atoms with Crippen molar-refractivity contribution in [2.75, 3.05) is 20.2 Å². The van der Waals surface area contributed by atoms with E-state index >= 15 is 0 Å². The average molecular weight is 410 g/mol. The summed E-state index contributed by atoms with van der Waals surface area (Å²) in [7, 11) is 1.45. The molecule has 0 saturated heterocycles. The Morgan fingerprint density at radius 1 is 1.36 bits per heavy atom. The van der Waals surface area contributed by atoms with Crippen molar-refractivity contribution in [2.24, 2.45) is 0 Å². The minimum Gasteiger partial charge on any atom is -0.467 e. The molecular formula is C16H16BrN3O5. The number of halogens is 1. The Hall–Kier alpha value is -2.68. The zero-order valence-corrected chi connectivity index (χ0v) is 15.0. The topological polar surface area (TPSA) is 102 Å². The molecule has 0 aliphatic heterocycles. The van der Waals surface area contributed by atoms with Crippen LogP contribution in [-0.4, -0.2) is 47.9 Å². The number of carbonyl (C=O) groups excluding carboxylic acids is 3. The van der Waals surface area contributed by atoms with Crippen molar-refractivity contribution in [3.63, 3.8) is 0 Å². The highest BCUT2D eigenvalue weighted by Gasteiger charge is 2.16. The van der Waals surface area contributed by atoms with Gasteiger partial charge in [0.1, 0.15) is 5.76 Å². The molecule has 0 saturated carbocycles. The normalized spacial score (nSPS) is 10.2. The molecule has 2 rings (SSSR count). The molecule has 0 aliphatic carbocycles. The summed E-state index contributed by atoms with van der Waals surface area (Å²) in [5.41, 5.74) is 0.223. The van der Waals surface area contributed by atoms with E-state index < -0.39 is 18.5 Å². The molecule has 9 heteroatoms. The SMILES string of the molecule is CN(CC(=O)NCc1ccco1)C(=O)COC(=O)c1cncc(Br)c1. The highest BCUT2D eigenvalue weighted by molar-refractivity contribution is 9.10. The number of nitrogens with zero attached hydrogens (tertiary/aromatic N) is 2. The molecular weight excluding hydrogens is 394 g/mol. The number of amides is 2. The molecule has 8 nitrogen and oxygen atoms in total. The van der Waals surface area contributed by atoms with E-state index in [-0.39, 0.29) is 24.6 Å². The zero-order chi connectivity index (χ0) is 18.2. The number of hydrogen-bond acceptors (Lipinski definition) is 6. The van der Waals surface area contributed by atoms with Crippen molar-refractivity contribution in [1.82, 2.24) is 15.2 Å². The Bertz CT molecular complexity index is 748. The predicted molar refractivity (Wildman–Crippen MR) is 90.4 cm³/mol. The number of hydrogen-bond donors (Lipinski definition) is 1. The number of aromatic nitrogens is 1. The van der Waals surface area contributed by atoms with E-state index in [0.29, 0.717) is 10.2 Å². The Balaban J connectivity index is 1.74. The quantitative estimate of drug-likeness (QED) is 0.692. The molecule has 0 aromatic carbocycles. The number of esters is 1. The van der Waals surface area contributed by atoms with Crippen molar-refractivity contribution >= 4 is 33.7 Å². The lowest BCUT2D eigenvalue weighted by Gasteiger charge is -2.16. The third kappa shape index (κ3) is 6.03. The predicted octanol–water partition coefficient (Wildman–Crippen LogP) is 1.37. The van der Waals surface area contributed by atoms with Crippen molar-refractivity contribution < 1.29 is 23.5 Å². The van der Waals surface area contributed by atoms with E-state index in [1.165, 1.54) is 36.7 Å². The molecule has 2 aromatic rings. The molecule has 0 unspecified atom stereocenters. The van der Waals surface area contributed by atoms with Gasteiger partial charge in [-0.2, -0.15) is 0 Å². The van der Waals surface area contributed by atoms with Crippen molar-refractivity contribution in [1.29, 1.82) is 0 Å². The molecule has 0 bridgehead atoms. The number of pyridine rings is 1. The summed E-state index contributed by atoms with van der Waals surface area (Å²) in [5, 5.41) is 2.62. The van der Waals surface area contributed by atoms with Crippen LogP contribution < -0.4 is 5.32 Å². The lowest BCUT2D eigenvalue weighted by Crippen LogP contribution is -2.39. The van der Waals surface area contributed by atoms with E-state index in [9.17, 15) is 14.4 Å². The van der Waals surface area contributed by atoms with Gasteiger partial charge in [0.2, 0.25) is 5.91 Å². The summed E-state index contributed by atoms with van der Waals surface area (Å²) in [6, 6.07) is 4.98. The number of furan rings is 1. The summed E-state index contributed by atoms with van der Waals surface area (Å²) in [6.45, 7) is -0.387. The third-order valence-electron chi connectivity index (χ3n) is 3.11. The molecule has 0 atom stereocenters. The fourth-order valence-corrected chi connectivity index (χ4v) is 2.17. The first kappa shape index (κ1) is 18.7. The molecule has 0 aliphatic rings. The minimum atomic E-state index is -0.669. The van der Waals surface area contributed by atoms with Crippen LogP contribution in [0.3, 0.4) is 0 Å². The average Bonchev–Trinajstić information content (AvgIpc) is 3.11. The number of rotatable bonds is 7. The number of likely N-dealkylation sites (N-methyl/N-ethyl adjacent to an activating group) is 1. The van der Waals surface area contributed by atoms with Crippen LogP contribution in [0.4, 0.5) is 0 Å². The van der Waals surface area contributed by atoms with E-state index in [4.69, 9.17) is 9.15 Å². The summed E-state index contributed by atoms with van der Waals surface area (Å²) in [4.78, 5) is 40.6. The number of carbonyl (C=O) groups is 3. The second kappa shape index (κ2) is 8.97. The Morgan fingerprint density at radius 2 is 2.16 bits per heavy atom. The molecule has 2 heterocycles. The van der Waals surface area contributed by atoms with Gasteiger partial charge < -0.3 is 19.4 Å². The van der Waals surface area contributed by atoms with Crippen molar-refractivity contribution in [3.05, 3.63) is 52.7 Å². The highest BCUT2D eigenvalue weighted by atomic mass is 79.9. The van der Waals surface area contributed by atoms with Crippen LogP contribution in [0.5, 0.6) is 0 Å². The first-order chi connectivity index (χ1) is 12.0. The summed E-state index contributed by atoms with van der Waals surface area (Å²) >= 11 is 3.19. The van der Waals surface area contributed by atoms with Crippen LogP contribution in [0.25, 0.3) is 0 Å². The Labute approximate surface area is 152 Å². The second-order valence-electron chi connectivity index (χ2n) is 5.07. The smallest absolute Gasteiger partial charge is 0.340 e. The summed E-state index contributed by atoms with van der Waals surface area (Å²) in [5.74, 6) is -0.907. The lowest BCUT2D eigenvalue weighted by atomic mass is 10.3. The van der Waals surface area contributed by atoms with Gasteiger partial charge in [0, 0.05) is 23.9 Å². The molecule has 132 valence electrons. The highest BCUT2D eigenvalue weighted by Crippen LogP contribution is 2.10. The van der Waals surface area contributed by atoms with Gasteiger partial charge in [-0.1, -0.05) is 0 Å². The zero-order valence-electron chi connectivity index (χ0n) is 13.4. The van der Waals surface area contributed by atoms with Gasteiger partial charge in [-0.05, 0) is 34.1 Å². The summed E-state index contributed by atoms with van der Waals surface area (Å²) in [6.07, 6.45) is 4.37. The van der Waals surface area contributed by atoms with Crippen LogP contribution >= 0.6 is 15.9 Å². The maximum absolute atomic E-state index is 11.9. The van der Waals surface area contributed by atoms with Crippen LogP contribution in [0.15, 0.2) is 45.7 Å². The largest absolute Gasteiger partial charge is 0.467 e. The molecule has 1 N–H and O–H groups in total. The fraction of sp³-hybridized carbons (Fsp3) is 0.250. The number of ether oxygens (including phenoxy) is 1. The van der Waals surface area contributed by atoms with Gasteiger partial charge in [-0.25, -0.2) is 4.79 Å². The van der Waals surface area contributed by atoms with E-state index in [2.05, 4.69) is 26.2 Å². The van der Waals surface area contributed by atoms with Crippen LogP contribution in [0, 0.1) is 0 Å². The van der Waals surface area contributed by atoms with Gasteiger partial charge in [-0.3, -0.25) is 14.6 Å². The van der Waals surface area contributed by atoms with Gasteiger partial charge >= 0.3 is 5.97 Å². The van der Waals surface area contributed by atoms with Gasteiger partial charge in [0.15, 0.2) is 6.61 Å².